The molecule has 6 heteroatoms. The van der Waals surface area contributed by atoms with Crippen molar-refractivity contribution in [1.82, 2.24) is 9.27 Å². The minimum atomic E-state index is 0.228. The normalized spacial score (nSPS) is 17.8. The second-order valence-electron chi connectivity index (χ2n) is 6.16. The number of aliphatic hydroxyl groups is 1. The lowest BCUT2D eigenvalue weighted by atomic mass is 10.1. The highest BCUT2D eigenvalue weighted by Gasteiger charge is 2.24. The van der Waals surface area contributed by atoms with Crippen LogP contribution in [-0.4, -0.2) is 33.6 Å². The number of anilines is 1. The number of rotatable bonds is 6. The van der Waals surface area contributed by atoms with Gasteiger partial charge in [0, 0.05) is 19.1 Å². The van der Waals surface area contributed by atoms with Gasteiger partial charge in [-0.2, -0.15) is 9.64 Å². The lowest BCUT2D eigenvalue weighted by molar-refractivity contribution is 0.153. The van der Waals surface area contributed by atoms with Crippen molar-refractivity contribution in [3.05, 3.63) is 46.6 Å². The first-order valence-electron chi connectivity index (χ1n) is 8.25. The average molecular weight is 342 g/mol. The van der Waals surface area contributed by atoms with E-state index in [2.05, 4.69) is 38.9 Å². The molecule has 1 aromatic carbocycles. The van der Waals surface area contributed by atoms with E-state index in [9.17, 15) is 10.4 Å². The molecule has 5 nitrogen and oxygen atoms in total. The fourth-order valence-corrected chi connectivity index (χ4v) is 3.95. The molecule has 0 bridgehead atoms. The first-order valence-corrected chi connectivity index (χ1v) is 9.02. The highest BCUT2D eigenvalue weighted by molar-refractivity contribution is 7.10. The number of aromatic nitrogens is 1. The molecule has 1 atom stereocenters. The predicted molar refractivity (Wildman–Crippen MR) is 95.9 cm³/mol. The number of nitrogens with zero attached hydrogens (tertiary/aromatic N) is 3. The Morgan fingerprint density at radius 1 is 1.42 bits per heavy atom. The van der Waals surface area contributed by atoms with E-state index in [-0.39, 0.29) is 12.6 Å². The standard InChI is InChI=1S/C18H22N4OS/c1-13-17(9-19)18(24-21-13)20-10-14-5-2-3-6-15(14)11-22-8-4-7-16(22)12-23/h2-3,5-6,16,20,23H,4,7-8,10-12H2,1H3/t16-/m0/s1. The van der Waals surface area contributed by atoms with Crippen LogP contribution in [0.15, 0.2) is 24.3 Å². The molecule has 1 aliphatic rings. The number of likely N-dealkylation sites (tertiary alicyclic amines) is 1. The molecule has 1 aliphatic heterocycles. The summed E-state index contributed by atoms with van der Waals surface area (Å²) < 4.78 is 4.25. The minimum Gasteiger partial charge on any atom is -0.395 e. The van der Waals surface area contributed by atoms with Gasteiger partial charge in [0.15, 0.2) is 0 Å². The van der Waals surface area contributed by atoms with E-state index in [0.29, 0.717) is 12.1 Å². The highest BCUT2D eigenvalue weighted by atomic mass is 32.1. The summed E-state index contributed by atoms with van der Waals surface area (Å²) in [6.07, 6.45) is 2.22. The number of nitrogens with one attached hydrogen (secondary N) is 1. The van der Waals surface area contributed by atoms with Crippen molar-refractivity contribution in [3.63, 3.8) is 0 Å². The molecular formula is C18H22N4OS. The smallest absolute Gasteiger partial charge is 0.127 e. The first kappa shape index (κ1) is 16.9. The molecule has 2 N–H and O–H groups in total. The summed E-state index contributed by atoms with van der Waals surface area (Å²) in [4.78, 5) is 2.36. The summed E-state index contributed by atoms with van der Waals surface area (Å²) in [7, 11) is 0. The molecule has 0 aliphatic carbocycles. The van der Waals surface area contributed by atoms with Gasteiger partial charge in [0.1, 0.15) is 16.6 Å². The Hall–Kier alpha value is -1.94. The molecule has 1 fully saturated rings. The van der Waals surface area contributed by atoms with Crippen LogP contribution in [0.1, 0.15) is 35.2 Å². The lowest BCUT2D eigenvalue weighted by Crippen LogP contribution is -2.32. The number of aryl methyl sites for hydroxylation is 1. The third-order valence-electron chi connectivity index (χ3n) is 4.62. The monoisotopic (exact) mass is 342 g/mol. The first-order chi connectivity index (χ1) is 11.7. The number of aliphatic hydroxyl groups excluding tert-OH is 1. The van der Waals surface area contributed by atoms with Crippen LogP contribution in [0.4, 0.5) is 5.00 Å². The van der Waals surface area contributed by atoms with Gasteiger partial charge in [-0.1, -0.05) is 24.3 Å². The van der Waals surface area contributed by atoms with Gasteiger partial charge >= 0.3 is 0 Å². The van der Waals surface area contributed by atoms with Crippen molar-refractivity contribution in [2.24, 2.45) is 0 Å². The zero-order chi connectivity index (χ0) is 16.9. The molecule has 126 valence electrons. The van der Waals surface area contributed by atoms with Crippen molar-refractivity contribution in [2.75, 3.05) is 18.5 Å². The molecule has 0 spiro atoms. The highest BCUT2D eigenvalue weighted by Crippen LogP contribution is 2.25. The van der Waals surface area contributed by atoms with Gasteiger partial charge in [-0.3, -0.25) is 4.90 Å². The molecule has 0 saturated carbocycles. The van der Waals surface area contributed by atoms with Gasteiger partial charge in [0.05, 0.1) is 12.3 Å². The molecule has 2 heterocycles. The maximum Gasteiger partial charge on any atom is 0.127 e. The van der Waals surface area contributed by atoms with E-state index in [1.807, 2.05) is 13.0 Å². The van der Waals surface area contributed by atoms with Crippen LogP contribution in [-0.2, 0) is 13.1 Å². The number of nitriles is 1. The Balaban J connectivity index is 1.71. The maximum absolute atomic E-state index is 9.51. The molecule has 1 aromatic heterocycles. The molecule has 2 aromatic rings. The Morgan fingerprint density at radius 3 is 2.96 bits per heavy atom. The van der Waals surface area contributed by atoms with E-state index in [0.717, 1.165) is 36.6 Å². The second kappa shape index (κ2) is 7.75. The molecule has 0 amide bonds. The molecule has 1 saturated heterocycles. The van der Waals surface area contributed by atoms with Gasteiger partial charge in [0.2, 0.25) is 0 Å². The summed E-state index contributed by atoms with van der Waals surface area (Å²) in [5, 5.41) is 22.9. The van der Waals surface area contributed by atoms with E-state index in [4.69, 9.17) is 0 Å². The maximum atomic E-state index is 9.51. The summed E-state index contributed by atoms with van der Waals surface area (Å²) in [5.74, 6) is 0. The summed E-state index contributed by atoms with van der Waals surface area (Å²) in [6, 6.07) is 10.9. The SMILES string of the molecule is Cc1nsc(NCc2ccccc2CN2CCC[C@H]2CO)c1C#N. The largest absolute Gasteiger partial charge is 0.395 e. The Bertz CT molecular complexity index is 737. The lowest BCUT2D eigenvalue weighted by Gasteiger charge is -2.24. The van der Waals surface area contributed by atoms with Crippen LogP contribution in [0.25, 0.3) is 0 Å². The number of benzene rings is 1. The quantitative estimate of drug-likeness (QED) is 0.844. The van der Waals surface area contributed by atoms with Crippen molar-refractivity contribution in [3.8, 4) is 6.07 Å². The van der Waals surface area contributed by atoms with Gasteiger partial charge in [-0.05, 0) is 49.0 Å². The Morgan fingerprint density at radius 2 is 2.21 bits per heavy atom. The van der Waals surface area contributed by atoms with Crippen molar-refractivity contribution in [1.29, 1.82) is 5.26 Å². The summed E-state index contributed by atoms with van der Waals surface area (Å²) >= 11 is 1.34. The van der Waals surface area contributed by atoms with Crippen molar-refractivity contribution in [2.45, 2.75) is 38.9 Å². The van der Waals surface area contributed by atoms with Crippen molar-refractivity contribution < 1.29 is 5.11 Å². The zero-order valence-corrected chi connectivity index (χ0v) is 14.6. The topological polar surface area (TPSA) is 72.2 Å². The fraction of sp³-hybridized carbons (Fsp3) is 0.444. The predicted octanol–water partition coefficient (Wildman–Crippen LogP) is 2.89. The van der Waals surface area contributed by atoms with Crippen LogP contribution < -0.4 is 5.32 Å². The third kappa shape index (κ3) is 3.59. The van der Waals surface area contributed by atoms with Crippen LogP contribution in [0.2, 0.25) is 0 Å². The zero-order valence-electron chi connectivity index (χ0n) is 13.8. The second-order valence-corrected chi connectivity index (χ2v) is 6.93. The molecular weight excluding hydrogens is 320 g/mol. The van der Waals surface area contributed by atoms with E-state index >= 15 is 0 Å². The Labute approximate surface area is 146 Å². The third-order valence-corrected chi connectivity index (χ3v) is 5.51. The van der Waals surface area contributed by atoms with E-state index in [1.165, 1.54) is 22.7 Å². The minimum absolute atomic E-state index is 0.228. The molecule has 3 rings (SSSR count). The summed E-state index contributed by atoms with van der Waals surface area (Å²) in [5.41, 5.74) is 3.90. The van der Waals surface area contributed by atoms with E-state index < -0.39 is 0 Å². The van der Waals surface area contributed by atoms with Crippen LogP contribution in [0.3, 0.4) is 0 Å². The van der Waals surface area contributed by atoms with Crippen LogP contribution in [0.5, 0.6) is 0 Å². The Kier molecular flexibility index (Phi) is 5.46. The van der Waals surface area contributed by atoms with Gasteiger partial charge < -0.3 is 10.4 Å². The average Bonchev–Trinajstić information content (AvgIpc) is 3.19. The molecule has 0 radical (unpaired) electrons. The van der Waals surface area contributed by atoms with Gasteiger partial charge in [-0.25, -0.2) is 0 Å². The number of hydrogen-bond acceptors (Lipinski definition) is 6. The van der Waals surface area contributed by atoms with Crippen LogP contribution in [0, 0.1) is 18.3 Å². The number of hydrogen-bond donors (Lipinski definition) is 2. The fourth-order valence-electron chi connectivity index (χ4n) is 3.21. The van der Waals surface area contributed by atoms with Crippen molar-refractivity contribution >= 4 is 16.5 Å². The van der Waals surface area contributed by atoms with E-state index in [1.54, 1.807) is 0 Å². The molecule has 0 unspecified atom stereocenters. The van der Waals surface area contributed by atoms with Gasteiger partial charge in [-0.15, -0.1) is 0 Å². The van der Waals surface area contributed by atoms with Crippen LogP contribution >= 0.6 is 11.5 Å². The van der Waals surface area contributed by atoms with Gasteiger partial charge in [0.25, 0.3) is 0 Å². The molecule has 24 heavy (non-hydrogen) atoms. The summed E-state index contributed by atoms with van der Waals surface area (Å²) in [6.45, 7) is 4.66.